The van der Waals surface area contributed by atoms with Crippen LogP contribution in [0.4, 0.5) is 0 Å². The fourth-order valence-corrected chi connectivity index (χ4v) is 1.43. The molecule has 3 heteroatoms. The van der Waals surface area contributed by atoms with E-state index < -0.39 is 0 Å². The number of hydrogen-bond donors (Lipinski definition) is 0. The Bertz CT molecular complexity index is 404. The minimum Gasteiger partial charge on any atom is -0.493 e. The van der Waals surface area contributed by atoms with Gasteiger partial charge in [-0.05, 0) is 23.6 Å². The normalized spacial score (nSPS) is 10.2. The lowest BCUT2D eigenvalue weighted by atomic mass is 10.1. The van der Waals surface area contributed by atoms with Crippen molar-refractivity contribution in [3.63, 3.8) is 0 Å². The van der Waals surface area contributed by atoms with Crippen LogP contribution in [0, 0.1) is 5.92 Å². The van der Waals surface area contributed by atoms with Crippen LogP contribution in [0.3, 0.4) is 0 Å². The Morgan fingerprint density at radius 1 is 1.28 bits per heavy atom. The van der Waals surface area contributed by atoms with Gasteiger partial charge in [-0.2, -0.15) is 0 Å². The molecule has 0 aliphatic heterocycles. The van der Waals surface area contributed by atoms with E-state index >= 15 is 0 Å². The molecule has 1 rings (SSSR count). The zero-order valence-electron chi connectivity index (χ0n) is 11.2. The molecular weight excluding hydrogens is 228 g/mol. The third kappa shape index (κ3) is 4.62. The van der Waals surface area contributed by atoms with Gasteiger partial charge in [-0.3, -0.25) is 0 Å². The lowest BCUT2D eigenvalue weighted by Gasteiger charge is -2.09. The second-order valence-corrected chi connectivity index (χ2v) is 4.62. The lowest BCUT2D eigenvalue weighted by Crippen LogP contribution is -2.06. The third-order valence-electron chi connectivity index (χ3n) is 2.40. The SMILES string of the molecule is C=C(Cc1ccc(OCC(C)C)cc1)C(=O)OC. The number of carbonyl (C=O) groups is 1. The highest BCUT2D eigenvalue weighted by molar-refractivity contribution is 5.88. The van der Waals surface area contributed by atoms with Gasteiger partial charge in [-0.1, -0.05) is 32.6 Å². The topological polar surface area (TPSA) is 35.5 Å². The number of ether oxygens (including phenoxy) is 2. The molecular formula is C15H20O3. The van der Waals surface area contributed by atoms with Gasteiger partial charge in [0.15, 0.2) is 0 Å². The molecule has 1 aromatic rings. The summed E-state index contributed by atoms with van der Waals surface area (Å²) >= 11 is 0. The molecule has 0 saturated carbocycles. The molecule has 0 spiro atoms. The van der Waals surface area contributed by atoms with E-state index in [2.05, 4.69) is 25.2 Å². The Morgan fingerprint density at radius 2 is 1.89 bits per heavy atom. The van der Waals surface area contributed by atoms with Crippen LogP contribution in [0.25, 0.3) is 0 Å². The summed E-state index contributed by atoms with van der Waals surface area (Å²) in [6.45, 7) is 8.61. The highest BCUT2D eigenvalue weighted by Gasteiger charge is 2.07. The van der Waals surface area contributed by atoms with E-state index in [9.17, 15) is 4.79 Å². The van der Waals surface area contributed by atoms with Crippen LogP contribution in [0.5, 0.6) is 5.75 Å². The Balaban J connectivity index is 2.55. The maximum absolute atomic E-state index is 11.2. The molecule has 1 aromatic carbocycles. The maximum atomic E-state index is 11.2. The fourth-order valence-electron chi connectivity index (χ4n) is 1.43. The number of esters is 1. The largest absolute Gasteiger partial charge is 0.493 e. The van der Waals surface area contributed by atoms with E-state index in [1.165, 1.54) is 7.11 Å². The van der Waals surface area contributed by atoms with E-state index in [-0.39, 0.29) is 5.97 Å². The molecule has 0 fully saturated rings. The van der Waals surface area contributed by atoms with Crippen LogP contribution in [-0.2, 0) is 16.0 Å². The van der Waals surface area contributed by atoms with Gasteiger partial charge in [0.05, 0.1) is 13.7 Å². The van der Waals surface area contributed by atoms with Gasteiger partial charge in [0.1, 0.15) is 5.75 Å². The molecule has 0 atom stereocenters. The summed E-state index contributed by atoms with van der Waals surface area (Å²) in [5, 5.41) is 0. The Hall–Kier alpha value is -1.77. The van der Waals surface area contributed by atoms with Crippen molar-refractivity contribution in [2.24, 2.45) is 5.92 Å². The van der Waals surface area contributed by atoms with Crippen LogP contribution in [-0.4, -0.2) is 19.7 Å². The Labute approximate surface area is 108 Å². The van der Waals surface area contributed by atoms with Crippen molar-refractivity contribution in [3.05, 3.63) is 42.0 Å². The molecule has 0 radical (unpaired) electrons. The van der Waals surface area contributed by atoms with Crippen LogP contribution < -0.4 is 4.74 Å². The molecule has 0 saturated heterocycles. The Kier molecular flexibility index (Phi) is 5.43. The average molecular weight is 248 g/mol. The van der Waals surface area contributed by atoms with Gasteiger partial charge in [0.2, 0.25) is 0 Å². The zero-order valence-corrected chi connectivity index (χ0v) is 11.2. The first-order chi connectivity index (χ1) is 8.52. The van der Waals surface area contributed by atoms with Gasteiger partial charge in [-0.15, -0.1) is 0 Å². The molecule has 0 N–H and O–H groups in total. The Morgan fingerprint density at radius 3 is 2.39 bits per heavy atom. The zero-order chi connectivity index (χ0) is 13.5. The highest BCUT2D eigenvalue weighted by atomic mass is 16.5. The molecule has 0 unspecified atom stereocenters. The minimum absolute atomic E-state index is 0.366. The van der Waals surface area contributed by atoms with Crippen molar-refractivity contribution in [3.8, 4) is 5.75 Å². The second kappa shape index (κ2) is 6.84. The molecule has 18 heavy (non-hydrogen) atoms. The van der Waals surface area contributed by atoms with E-state index in [1.807, 2.05) is 24.3 Å². The summed E-state index contributed by atoms with van der Waals surface area (Å²) < 4.78 is 10.2. The maximum Gasteiger partial charge on any atom is 0.333 e. The summed E-state index contributed by atoms with van der Waals surface area (Å²) in [5.74, 6) is 0.982. The van der Waals surface area contributed by atoms with Crippen molar-refractivity contribution in [2.75, 3.05) is 13.7 Å². The van der Waals surface area contributed by atoms with E-state index in [0.717, 1.165) is 11.3 Å². The van der Waals surface area contributed by atoms with E-state index in [4.69, 9.17) is 4.74 Å². The van der Waals surface area contributed by atoms with Crippen molar-refractivity contribution >= 4 is 5.97 Å². The number of hydrogen-bond acceptors (Lipinski definition) is 3. The molecule has 0 amide bonds. The number of carbonyl (C=O) groups excluding carboxylic acids is 1. The molecule has 0 aromatic heterocycles. The molecule has 0 heterocycles. The third-order valence-corrected chi connectivity index (χ3v) is 2.40. The lowest BCUT2D eigenvalue weighted by molar-refractivity contribution is -0.136. The summed E-state index contributed by atoms with van der Waals surface area (Å²) in [6, 6.07) is 7.68. The van der Waals surface area contributed by atoms with Gasteiger partial charge in [0.25, 0.3) is 0 Å². The van der Waals surface area contributed by atoms with Gasteiger partial charge < -0.3 is 9.47 Å². The van der Waals surface area contributed by atoms with Crippen molar-refractivity contribution in [1.82, 2.24) is 0 Å². The van der Waals surface area contributed by atoms with Crippen LogP contribution in [0.15, 0.2) is 36.4 Å². The first-order valence-electron chi connectivity index (χ1n) is 6.00. The summed E-state index contributed by atoms with van der Waals surface area (Å²) in [4.78, 5) is 11.2. The minimum atomic E-state index is -0.366. The van der Waals surface area contributed by atoms with Crippen molar-refractivity contribution < 1.29 is 14.3 Å². The summed E-state index contributed by atoms with van der Waals surface area (Å²) in [5.41, 5.74) is 1.47. The summed E-state index contributed by atoms with van der Waals surface area (Å²) in [6.07, 6.45) is 0.497. The molecule has 0 aliphatic rings. The number of rotatable bonds is 6. The van der Waals surface area contributed by atoms with Gasteiger partial charge in [0, 0.05) is 12.0 Å². The van der Waals surface area contributed by atoms with Crippen molar-refractivity contribution in [1.29, 1.82) is 0 Å². The monoisotopic (exact) mass is 248 g/mol. The molecule has 0 aliphatic carbocycles. The van der Waals surface area contributed by atoms with E-state index in [1.54, 1.807) is 0 Å². The van der Waals surface area contributed by atoms with Crippen molar-refractivity contribution in [2.45, 2.75) is 20.3 Å². The first kappa shape index (κ1) is 14.3. The average Bonchev–Trinajstić information content (AvgIpc) is 2.36. The molecule has 3 nitrogen and oxygen atoms in total. The number of benzene rings is 1. The van der Waals surface area contributed by atoms with Crippen LogP contribution in [0.2, 0.25) is 0 Å². The standard InChI is InChI=1S/C15H20O3/c1-11(2)10-18-14-7-5-13(6-8-14)9-12(3)15(16)17-4/h5-8,11H,3,9-10H2,1-2,4H3. The highest BCUT2D eigenvalue weighted by Crippen LogP contribution is 2.15. The van der Waals surface area contributed by atoms with Crippen LogP contribution in [0.1, 0.15) is 19.4 Å². The quantitative estimate of drug-likeness (QED) is 0.573. The molecule has 98 valence electrons. The number of methoxy groups -OCH3 is 1. The predicted octanol–water partition coefficient (Wildman–Crippen LogP) is 2.99. The first-order valence-corrected chi connectivity index (χ1v) is 6.00. The predicted molar refractivity (Wildman–Crippen MR) is 71.6 cm³/mol. The fraction of sp³-hybridized carbons (Fsp3) is 0.400. The smallest absolute Gasteiger partial charge is 0.333 e. The summed E-state index contributed by atoms with van der Waals surface area (Å²) in [7, 11) is 1.36. The van der Waals surface area contributed by atoms with E-state index in [0.29, 0.717) is 24.5 Å². The molecule has 0 bridgehead atoms. The van der Waals surface area contributed by atoms with Crippen LogP contribution >= 0.6 is 0 Å². The van der Waals surface area contributed by atoms with Gasteiger partial charge >= 0.3 is 5.97 Å². The second-order valence-electron chi connectivity index (χ2n) is 4.62. The van der Waals surface area contributed by atoms with Gasteiger partial charge in [-0.25, -0.2) is 4.79 Å².